The molecule has 0 saturated carbocycles. The van der Waals surface area contributed by atoms with Gasteiger partial charge in [-0.25, -0.2) is 0 Å². The molecule has 0 aromatic heterocycles. The molecule has 0 bridgehead atoms. The minimum absolute atomic E-state index is 0.918. The summed E-state index contributed by atoms with van der Waals surface area (Å²) in [5, 5.41) is 0. The van der Waals surface area contributed by atoms with Crippen molar-refractivity contribution in [3.8, 4) is 0 Å². The molecule has 1 radical (unpaired) electrons. The first-order chi connectivity index (χ1) is 8.85. The van der Waals surface area contributed by atoms with Crippen LogP contribution in [0.5, 0.6) is 0 Å². The summed E-state index contributed by atoms with van der Waals surface area (Å²) in [5.74, 6) is 0. The molecule has 0 fully saturated rings. The molecule has 0 saturated heterocycles. The van der Waals surface area contributed by atoms with Gasteiger partial charge in [-0.1, -0.05) is 61.5 Å². The summed E-state index contributed by atoms with van der Waals surface area (Å²) in [4.78, 5) is 10.7. The van der Waals surface area contributed by atoms with E-state index in [-0.39, 0.29) is 0 Å². The van der Waals surface area contributed by atoms with E-state index in [1.54, 1.807) is 0 Å². The fraction of sp³-hybridized carbons (Fsp3) is 0.118. The van der Waals surface area contributed by atoms with Crippen molar-refractivity contribution in [2.45, 2.75) is 13.3 Å². The Morgan fingerprint density at radius 2 is 1.78 bits per heavy atom. The summed E-state index contributed by atoms with van der Waals surface area (Å²) < 4.78 is 0. The third-order valence-corrected chi connectivity index (χ3v) is 2.93. The van der Waals surface area contributed by atoms with Gasteiger partial charge < -0.3 is 0 Å². The zero-order valence-electron chi connectivity index (χ0n) is 10.4. The number of aryl methyl sites for hydroxylation is 1. The van der Waals surface area contributed by atoms with Crippen molar-refractivity contribution < 1.29 is 4.79 Å². The smallest absolute Gasteiger partial charge is 0.226 e. The van der Waals surface area contributed by atoms with E-state index in [0.29, 0.717) is 0 Å². The third-order valence-electron chi connectivity index (χ3n) is 2.93. The minimum atomic E-state index is 0.918. The predicted molar refractivity (Wildman–Crippen MR) is 75.0 cm³/mol. The maximum absolute atomic E-state index is 10.7. The Bertz CT molecular complexity index is 553. The number of hydrogen-bond donors (Lipinski definition) is 0. The molecular formula is C17H15O. The van der Waals surface area contributed by atoms with Crippen LogP contribution in [-0.4, -0.2) is 6.29 Å². The largest absolute Gasteiger partial charge is 0.286 e. The SMILES string of the molecule is CCc1cccc(C(=C[C]=O)c2ccccc2)c1. The molecule has 2 aromatic carbocycles. The van der Waals surface area contributed by atoms with Crippen molar-refractivity contribution in [2.75, 3.05) is 0 Å². The lowest BCUT2D eigenvalue weighted by Crippen LogP contribution is -1.90. The molecule has 0 amide bonds. The van der Waals surface area contributed by atoms with Crippen LogP contribution in [0.25, 0.3) is 5.57 Å². The highest BCUT2D eigenvalue weighted by Crippen LogP contribution is 2.23. The fourth-order valence-corrected chi connectivity index (χ4v) is 1.97. The van der Waals surface area contributed by atoms with Gasteiger partial charge in [-0.05, 0) is 34.8 Å². The van der Waals surface area contributed by atoms with E-state index < -0.39 is 0 Å². The third kappa shape index (κ3) is 2.75. The second kappa shape index (κ2) is 5.97. The van der Waals surface area contributed by atoms with E-state index in [2.05, 4.69) is 19.1 Å². The van der Waals surface area contributed by atoms with Crippen LogP contribution in [0.2, 0.25) is 0 Å². The molecule has 0 spiro atoms. The molecule has 1 nitrogen and oxygen atoms in total. The Balaban J connectivity index is 2.49. The first-order valence-corrected chi connectivity index (χ1v) is 6.07. The first-order valence-electron chi connectivity index (χ1n) is 6.07. The second-order valence-electron chi connectivity index (χ2n) is 4.10. The Labute approximate surface area is 108 Å². The van der Waals surface area contributed by atoms with Crippen molar-refractivity contribution in [1.29, 1.82) is 0 Å². The van der Waals surface area contributed by atoms with E-state index in [1.807, 2.05) is 48.8 Å². The Morgan fingerprint density at radius 1 is 1.06 bits per heavy atom. The zero-order chi connectivity index (χ0) is 12.8. The van der Waals surface area contributed by atoms with Crippen molar-refractivity contribution in [2.24, 2.45) is 0 Å². The van der Waals surface area contributed by atoms with Crippen LogP contribution in [-0.2, 0) is 11.2 Å². The highest BCUT2D eigenvalue weighted by Gasteiger charge is 2.04. The molecule has 18 heavy (non-hydrogen) atoms. The van der Waals surface area contributed by atoms with Gasteiger partial charge in [-0.15, -0.1) is 0 Å². The normalized spacial score (nSPS) is 11.3. The highest BCUT2D eigenvalue weighted by atomic mass is 16.1. The summed E-state index contributed by atoms with van der Waals surface area (Å²) in [5.41, 5.74) is 4.28. The molecule has 2 aromatic rings. The minimum Gasteiger partial charge on any atom is -0.286 e. The zero-order valence-corrected chi connectivity index (χ0v) is 10.4. The van der Waals surface area contributed by atoms with Crippen LogP contribution in [0.15, 0.2) is 60.7 Å². The molecule has 1 heteroatoms. The van der Waals surface area contributed by atoms with Gasteiger partial charge in [-0.2, -0.15) is 0 Å². The van der Waals surface area contributed by atoms with Gasteiger partial charge in [0, 0.05) is 0 Å². The van der Waals surface area contributed by atoms with E-state index in [1.165, 1.54) is 11.6 Å². The molecule has 0 atom stereocenters. The van der Waals surface area contributed by atoms with Gasteiger partial charge in [0.05, 0.1) is 0 Å². The molecule has 0 aliphatic carbocycles. The van der Waals surface area contributed by atoms with E-state index in [9.17, 15) is 4.79 Å². The molecule has 2 rings (SSSR count). The summed E-state index contributed by atoms with van der Waals surface area (Å²) in [6, 6.07) is 18.2. The lowest BCUT2D eigenvalue weighted by Gasteiger charge is -2.08. The van der Waals surface area contributed by atoms with Gasteiger partial charge >= 0.3 is 0 Å². The number of rotatable bonds is 4. The molecular weight excluding hydrogens is 220 g/mol. The lowest BCUT2D eigenvalue weighted by atomic mass is 9.96. The molecule has 0 unspecified atom stereocenters. The van der Waals surface area contributed by atoms with E-state index >= 15 is 0 Å². The van der Waals surface area contributed by atoms with Crippen LogP contribution in [0.4, 0.5) is 0 Å². The summed E-state index contributed by atoms with van der Waals surface area (Å²) >= 11 is 0. The summed E-state index contributed by atoms with van der Waals surface area (Å²) in [6.45, 7) is 2.12. The van der Waals surface area contributed by atoms with Crippen LogP contribution >= 0.6 is 0 Å². The number of carbonyl (C=O) groups excluding carboxylic acids is 1. The van der Waals surface area contributed by atoms with Gasteiger partial charge in [0.1, 0.15) is 0 Å². The monoisotopic (exact) mass is 235 g/mol. The predicted octanol–water partition coefficient (Wildman–Crippen LogP) is 3.79. The van der Waals surface area contributed by atoms with Crippen LogP contribution < -0.4 is 0 Å². The molecule has 0 aliphatic rings. The van der Waals surface area contributed by atoms with Crippen LogP contribution in [0.3, 0.4) is 0 Å². The second-order valence-corrected chi connectivity index (χ2v) is 4.10. The van der Waals surface area contributed by atoms with Crippen LogP contribution in [0, 0.1) is 0 Å². The van der Waals surface area contributed by atoms with Crippen molar-refractivity contribution in [1.82, 2.24) is 0 Å². The topological polar surface area (TPSA) is 17.1 Å². The van der Waals surface area contributed by atoms with Crippen molar-refractivity contribution in [3.63, 3.8) is 0 Å². The fourth-order valence-electron chi connectivity index (χ4n) is 1.97. The maximum Gasteiger partial charge on any atom is 0.226 e. The van der Waals surface area contributed by atoms with Crippen molar-refractivity contribution in [3.05, 3.63) is 77.4 Å². The van der Waals surface area contributed by atoms with Crippen molar-refractivity contribution >= 4 is 11.9 Å². The van der Waals surface area contributed by atoms with Gasteiger partial charge in [-0.3, -0.25) is 4.79 Å². The molecule has 0 heterocycles. The van der Waals surface area contributed by atoms with Gasteiger partial charge in [0.15, 0.2) is 0 Å². The Morgan fingerprint density at radius 3 is 2.44 bits per heavy atom. The standard InChI is InChI=1S/C17H15O/c1-2-14-7-6-10-16(13-14)17(11-12-18)15-8-4-3-5-9-15/h3-11,13H,2H2,1H3. The summed E-state index contributed by atoms with van der Waals surface area (Å²) in [6.07, 6.45) is 4.38. The van der Waals surface area contributed by atoms with Crippen LogP contribution in [0.1, 0.15) is 23.6 Å². The quantitative estimate of drug-likeness (QED) is 0.737. The lowest BCUT2D eigenvalue weighted by molar-refractivity contribution is 0.564. The Hall–Kier alpha value is -2.15. The number of hydrogen-bond acceptors (Lipinski definition) is 1. The highest BCUT2D eigenvalue weighted by molar-refractivity contribution is 5.89. The number of allylic oxidation sites excluding steroid dienone is 1. The molecule has 89 valence electrons. The van der Waals surface area contributed by atoms with Gasteiger partial charge in [0.2, 0.25) is 6.29 Å². The molecule has 0 N–H and O–H groups in total. The van der Waals surface area contributed by atoms with Gasteiger partial charge in [0.25, 0.3) is 0 Å². The number of benzene rings is 2. The Kier molecular flexibility index (Phi) is 4.08. The average Bonchev–Trinajstić information content (AvgIpc) is 2.46. The maximum atomic E-state index is 10.7. The summed E-state index contributed by atoms with van der Waals surface area (Å²) in [7, 11) is 0. The average molecular weight is 235 g/mol. The van der Waals surface area contributed by atoms with E-state index in [0.717, 1.165) is 23.1 Å². The van der Waals surface area contributed by atoms with E-state index in [4.69, 9.17) is 0 Å². The first kappa shape index (κ1) is 12.3. The molecule has 0 aliphatic heterocycles.